The quantitative estimate of drug-likeness (QED) is 0.665. The maximum Gasteiger partial charge on any atom is 0.252 e. The molecule has 0 heterocycles. The number of rotatable bonds is 3. The largest absolute Gasteiger partial charge is 0.332 e. The molecule has 2 N–H and O–H groups in total. The average molecular weight is 291 g/mol. The van der Waals surface area contributed by atoms with E-state index >= 15 is 0 Å². The first kappa shape index (κ1) is 13.5. The molecule has 0 radical (unpaired) electrons. The zero-order valence-electron chi connectivity index (χ0n) is 9.89. The van der Waals surface area contributed by atoms with Crippen molar-refractivity contribution >= 4 is 45.5 Å². The Kier molecular flexibility index (Phi) is 4.49. The minimum atomic E-state index is -0.475. The van der Waals surface area contributed by atoms with E-state index in [1.165, 1.54) is 0 Å². The summed E-state index contributed by atoms with van der Waals surface area (Å²) in [7, 11) is 0. The predicted molar refractivity (Wildman–Crippen MR) is 82.9 cm³/mol. The van der Waals surface area contributed by atoms with Gasteiger partial charge in [-0.1, -0.05) is 18.2 Å². The molecule has 5 heteroatoms. The summed E-state index contributed by atoms with van der Waals surface area (Å²) in [6.07, 6.45) is 0. The number of hydrogen-bond donors (Lipinski definition) is 2. The summed E-state index contributed by atoms with van der Waals surface area (Å²) in [6.45, 7) is 0. The second kappa shape index (κ2) is 6.31. The van der Waals surface area contributed by atoms with Crippen molar-refractivity contribution in [2.24, 2.45) is 0 Å². The molecule has 0 bridgehead atoms. The van der Waals surface area contributed by atoms with E-state index in [-0.39, 0.29) is 0 Å². The highest BCUT2D eigenvalue weighted by atomic mass is 35.5. The fourth-order valence-electron chi connectivity index (χ4n) is 1.50. The summed E-state index contributed by atoms with van der Waals surface area (Å²) < 4.78 is 0. The van der Waals surface area contributed by atoms with E-state index < -0.39 is 5.24 Å². The van der Waals surface area contributed by atoms with Crippen molar-refractivity contribution < 1.29 is 4.79 Å². The molecule has 19 heavy (non-hydrogen) atoms. The lowest BCUT2D eigenvalue weighted by Gasteiger charge is -2.10. The molecule has 0 spiro atoms. The van der Waals surface area contributed by atoms with E-state index in [2.05, 4.69) is 10.6 Å². The molecule has 0 fully saturated rings. The minimum absolute atomic E-state index is 0.453. The highest BCUT2D eigenvalue weighted by Crippen LogP contribution is 2.12. The molecule has 96 valence electrons. The number of halogens is 1. The molecule has 2 rings (SSSR count). The second-order valence-corrected chi connectivity index (χ2v) is 4.55. The van der Waals surface area contributed by atoms with Gasteiger partial charge >= 0.3 is 0 Å². The maximum absolute atomic E-state index is 10.9. The number of carbonyl (C=O) groups is 1. The third-order valence-corrected chi connectivity index (χ3v) is 2.82. The lowest BCUT2D eigenvalue weighted by molar-refractivity contribution is 0.108. The van der Waals surface area contributed by atoms with Crippen molar-refractivity contribution in [1.29, 1.82) is 0 Å². The van der Waals surface area contributed by atoms with E-state index in [1.807, 2.05) is 30.3 Å². The van der Waals surface area contributed by atoms with Crippen LogP contribution in [-0.4, -0.2) is 10.4 Å². The van der Waals surface area contributed by atoms with Gasteiger partial charge in [0.2, 0.25) is 0 Å². The fraction of sp³-hybridized carbons (Fsp3) is 0. The van der Waals surface area contributed by atoms with Gasteiger partial charge in [-0.05, 0) is 60.2 Å². The Labute approximate surface area is 121 Å². The molecular formula is C14H11ClN2OS. The molecule has 0 saturated heterocycles. The number of anilines is 2. The van der Waals surface area contributed by atoms with Crippen LogP contribution in [0.25, 0.3) is 0 Å². The first-order chi connectivity index (χ1) is 9.15. The van der Waals surface area contributed by atoms with Crippen LogP contribution in [0.2, 0.25) is 0 Å². The Balaban J connectivity index is 1.97. The number of thiocarbonyl (C=S) groups is 1. The maximum atomic E-state index is 10.9. The van der Waals surface area contributed by atoms with Gasteiger partial charge in [0.25, 0.3) is 5.24 Å². The zero-order chi connectivity index (χ0) is 13.7. The monoisotopic (exact) mass is 290 g/mol. The van der Waals surface area contributed by atoms with Crippen LogP contribution in [0, 0.1) is 0 Å². The zero-order valence-corrected chi connectivity index (χ0v) is 11.5. The SMILES string of the molecule is O=C(Cl)c1ccc(NC(=S)Nc2ccccc2)cc1. The molecule has 0 aliphatic carbocycles. The summed E-state index contributed by atoms with van der Waals surface area (Å²) in [4.78, 5) is 10.9. The number of benzene rings is 2. The molecule has 0 aromatic heterocycles. The van der Waals surface area contributed by atoms with Crippen LogP contribution >= 0.6 is 23.8 Å². The lowest BCUT2D eigenvalue weighted by Crippen LogP contribution is -2.18. The summed E-state index contributed by atoms with van der Waals surface area (Å²) in [5, 5.41) is 6.08. The van der Waals surface area contributed by atoms with Gasteiger partial charge in [-0.2, -0.15) is 0 Å². The predicted octanol–water partition coefficient (Wildman–Crippen LogP) is 3.87. The number of carbonyl (C=O) groups excluding carboxylic acids is 1. The average Bonchev–Trinajstić information content (AvgIpc) is 2.40. The third-order valence-electron chi connectivity index (χ3n) is 2.40. The van der Waals surface area contributed by atoms with Crippen molar-refractivity contribution in [3.63, 3.8) is 0 Å². The van der Waals surface area contributed by atoms with Gasteiger partial charge < -0.3 is 10.6 Å². The van der Waals surface area contributed by atoms with Crippen LogP contribution < -0.4 is 10.6 Å². The Morgan fingerprint density at radius 1 is 0.895 bits per heavy atom. The molecule has 0 atom stereocenters. The second-order valence-electron chi connectivity index (χ2n) is 3.80. The lowest BCUT2D eigenvalue weighted by atomic mass is 10.2. The number of nitrogens with one attached hydrogen (secondary N) is 2. The smallest absolute Gasteiger partial charge is 0.252 e. The minimum Gasteiger partial charge on any atom is -0.332 e. The molecule has 0 aliphatic heterocycles. The first-order valence-electron chi connectivity index (χ1n) is 5.58. The van der Waals surface area contributed by atoms with Crippen molar-refractivity contribution in [2.45, 2.75) is 0 Å². The topological polar surface area (TPSA) is 41.1 Å². The van der Waals surface area contributed by atoms with Crippen LogP contribution in [-0.2, 0) is 0 Å². The number of hydrogen-bond acceptors (Lipinski definition) is 2. The molecule has 2 aromatic carbocycles. The van der Waals surface area contributed by atoms with Crippen LogP contribution in [0.4, 0.5) is 11.4 Å². The van der Waals surface area contributed by atoms with Gasteiger partial charge in [0.05, 0.1) is 0 Å². The van der Waals surface area contributed by atoms with E-state index in [0.29, 0.717) is 10.7 Å². The Morgan fingerprint density at radius 2 is 1.42 bits per heavy atom. The molecule has 0 aliphatic rings. The van der Waals surface area contributed by atoms with E-state index in [1.54, 1.807) is 24.3 Å². The van der Waals surface area contributed by atoms with Crippen molar-refractivity contribution in [2.75, 3.05) is 10.6 Å². The standard InChI is InChI=1S/C14H11ClN2OS/c15-13(18)10-6-8-12(9-7-10)17-14(19)16-11-4-2-1-3-5-11/h1-9H,(H2,16,17,19). The Hall–Kier alpha value is -1.91. The first-order valence-corrected chi connectivity index (χ1v) is 6.37. The Bertz CT molecular complexity index is 584. The number of para-hydroxylation sites is 1. The van der Waals surface area contributed by atoms with Gasteiger partial charge in [0.1, 0.15) is 0 Å². The van der Waals surface area contributed by atoms with Crippen molar-refractivity contribution in [3.05, 3.63) is 60.2 Å². The normalized spacial score (nSPS) is 9.74. The van der Waals surface area contributed by atoms with Gasteiger partial charge in [-0.15, -0.1) is 0 Å². The summed E-state index contributed by atoms with van der Waals surface area (Å²) >= 11 is 10.6. The highest BCUT2D eigenvalue weighted by Gasteiger charge is 2.02. The molecular weight excluding hydrogens is 280 g/mol. The van der Waals surface area contributed by atoms with Gasteiger partial charge in [0.15, 0.2) is 5.11 Å². The van der Waals surface area contributed by atoms with Crippen molar-refractivity contribution in [1.82, 2.24) is 0 Å². The van der Waals surface area contributed by atoms with Gasteiger partial charge in [-0.25, -0.2) is 0 Å². The van der Waals surface area contributed by atoms with E-state index in [9.17, 15) is 4.79 Å². The summed E-state index contributed by atoms with van der Waals surface area (Å²) in [5.74, 6) is 0. The summed E-state index contributed by atoms with van der Waals surface area (Å²) in [6, 6.07) is 16.4. The van der Waals surface area contributed by atoms with Crippen LogP contribution in [0.3, 0.4) is 0 Å². The third kappa shape index (κ3) is 4.05. The molecule has 2 aromatic rings. The van der Waals surface area contributed by atoms with E-state index in [4.69, 9.17) is 23.8 Å². The molecule has 3 nitrogen and oxygen atoms in total. The van der Waals surface area contributed by atoms with Crippen molar-refractivity contribution in [3.8, 4) is 0 Å². The van der Waals surface area contributed by atoms with Crippen LogP contribution in [0.5, 0.6) is 0 Å². The molecule has 0 amide bonds. The van der Waals surface area contributed by atoms with E-state index in [0.717, 1.165) is 11.4 Å². The fourth-order valence-corrected chi connectivity index (χ4v) is 1.86. The molecule has 0 saturated carbocycles. The highest BCUT2D eigenvalue weighted by molar-refractivity contribution is 7.80. The van der Waals surface area contributed by atoms with Gasteiger partial charge in [-0.3, -0.25) is 4.79 Å². The van der Waals surface area contributed by atoms with Crippen LogP contribution in [0.15, 0.2) is 54.6 Å². The molecule has 0 unspecified atom stereocenters. The Morgan fingerprint density at radius 3 is 1.95 bits per heavy atom. The summed E-state index contributed by atoms with van der Waals surface area (Å²) in [5.41, 5.74) is 2.15. The van der Waals surface area contributed by atoms with Gasteiger partial charge in [0, 0.05) is 16.9 Å². The van der Waals surface area contributed by atoms with Crippen LogP contribution in [0.1, 0.15) is 10.4 Å².